The molecule has 0 saturated carbocycles. The molecule has 0 aromatic heterocycles. The van der Waals surface area contributed by atoms with E-state index in [9.17, 15) is 23.6 Å². The average molecular weight is 436 g/mol. The van der Waals surface area contributed by atoms with E-state index in [4.69, 9.17) is 4.74 Å². The molecule has 2 aromatic carbocycles. The van der Waals surface area contributed by atoms with Gasteiger partial charge in [0, 0.05) is 30.8 Å². The van der Waals surface area contributed by atoms with Crippen LogP contribution < -0.4 is 10.2 Å². The van der Waals surface area contributed by atoms with Crippen LogP contribution in [-0.2, 0) is 10.0 Å². The minimum atomic E-state index is -3.83. The highest BCUT2D eigenvalue weighted by atomic mass is 32.2. The van der Waals surface area contributed by atoms with E-state index in [1.165, 1.54) is 28.7 Å². The largest absolute Gasteiger partial charge is 0.507 e. The van der Waals surface area contributed by atoms with Crippen LogP contribution in [0.2, 0.25) is 0 Å². The fraction of sp³-hybridized carbons (Fsp3) is 0.316. The van der Waals surface area contributed by atoms with Crippen molar-refractivity contribution in [3.63, 3.8) is 0 Å². The van der Waals surface area contributed by atoms with Gasteiger partial charge in [0.25, 0.3) is 5.69 Å². The Morgan fingerprint density at radius 3 is 2.47 bits per heavy atom. The van der Waals surface area contributed by atoms with Crippen LogP contribution in [0.15, 0.2) is 46.4 Å². The maximum atomic E-state index is 12.6. The van der Waals surface area contributed by atoms with Crippen molar-refractivity contribution < 1.29 is 23.2 Å². The zero-order valence-corrected chi connectivity index (χ0v) is 17.7. The number of phenolic OH excluding ortho intramolecular Hbond substituents is 1. The molecule has 2 aromatic rings. The molecule has 0 spiro atoms. The Morgan fingerprint density at radius 2 is 1.90 bits per heavy atom. The summed E-state index contributed by atoms with van der Waals surface area (Å²) in [6.07, 6.45) is 1.29. The lowest BCUT2D eigenvalue weighted by molar-refractivity contribution is -0.384. The first kappa shape index (κ1) is 23.1. The molecule has 0 saturated heterocycles. The van der Waals surface area contributed by atoms with E-state index >= 15 is 0 Å². The smallest absolute Gasteiger partial charge is 0.295 e. The van der Waals surface area contributed by atoms with E-state index < -0.39 is 20.6 Å². The molecule has 0 bridgehead atoms. The molecular formula is C19H24N4O6S. The van der Waals surface area contributed by atoms with Crippen LogP contribution in [0.25, 0.3) is 0 Å². The second-order valence-corrected chi connectivity index (χ2v) is 7.99. The summed E-state index contributed by atoms with van der Waals surface area (Å²) in [5.74, 6) is 0.433. The Hall–Kier alpha value is -3.18. The van der Waals surface area contributed by atoms with E-state index in [1.807, 2.05) is 6.92 Å². The fourth-order valence-electron chi connectivity index (χ4n) is 2.69. The molecule has 0 atom stereocenters. The van der Waals surface area contributed by atoms with Crippen molar-refractivity contribution in [2.24, 2.45) is 5.10 Å². The fourth-order valence-corrected chi connectivity index (χ4v) is 4.17. The summed E-state index contributed by atoms with van der Waals surface area (Å²) < 4.78 is 31.7. The summed E-state index contributed by atoms with van der Waals surface area (Å²) in [6, 6.07) is 8.23. The number of nitro groups is 1. The van der Waals surface area contributed by atoms with Gasteiger partial charge in [-0.3, -0.25) is 15.5 Å². The molecule has 0 unspecified atom stereocenters. The topological polar surface area (TPSA) is 134 Å². The lowest BCUT2D eigenvalue weighted by atomic mass is 10.2. The van der Waals surface area contributed by atoms with E-state index in [2.05, 4.69) is 10.5 Å². The van der Waals surface area contributed by atoms with E-state index in [-0.39, 0.29) is 29.4 Å². The monoisotopic (exact) mass is 436 g/mol. The molecule has 0 heterocycles. The third-order valence-electron chi connectivity index (χ3n) is 4.21. The molecule has 0 amide bonds. The highest BCUT2D eigenvalue weighted by molar-refractivity contribution is 7.89. The van der Waals surface area contributed by atoms with Crippen molar-refractivity contribution in [1.82, 2.24) is 4.31 Å². The number of hydrazone groups is 1. The molecule has 11 heteroatoms. The Balaban J connectivity index is 2.28. The number of sulfonamides is 1. The van der Waals surface area contributed by atoms with Gasteiger partial charge in [0.2, 0.25) is 10.0 Å². The molecule has 162 valence electrons. The highest BCUT2D eigenvalue weighted by Gasteiger charge is 2.25. The van der Waals surface area contributed by atoms with Gasteiger partial charge >= 0.3 is 0 Å². The van der Waals surface area contributed by atoms with Crippen molar-refractivity contribution >= 4 is 27.6 Å². The zero-order valence-electron chi connectivity index (χ0n) is 16.9. The Kier molecular flexibility index (Phi) is 7.72. The van der Waals surface area contributed by atoms with Crippen molar-refractivity contribution in [3.05, 3.63) is 52.1 Å². The molecule has 0 aliphatic carbocycles. The SMILES string of the molecule is CCOc1ccc(/C=N/Nc2ccc(S(=O)(=O)N(CC)CC)cc2[N+](=O)[O-])c(O)c1. The number of nitro benzene ring substituents is 1. The van der Waals surface area contributed by atoms with Crippen LogP contribution in [0.1, 0.15) is 26.3 Å². The highest BCUT2D eigenvalue weighted by Crippen LogP contribution is 2.29. The van der Waals surface area contributed by atoms with Crippen LogP contribution in [0.4, 0.5) is 11.4 Å². The number of aromatic hydroxyl groups is 1. The summed E-state index contributed by atoms with van der Waals surface area (Å²) in [5, 5.41) is 25.4. The van der Waals surface area contributed by atoms with E-state index in [0.29, 0.717) is 17.9 Å². The maximum absolute atomic E-state index is 12.6. The number of anilines is 1. The van der Waals surface area contributed by atoms with Gasteiger partial charge in [0.1, 0.15) is 17.2 Å². The predicted molar refractivity (Wildman–Crippen MR) is 114 cm³/mol. The van der Waals surface area contributed by atoms with Crippen LogP contribution in [0.3, 0.4) is 0 Å². The van der Waals surface area contributed by atoms with Gasteiger partial charge in [-0.15, -0.1) is 0 Å². The first-order valence-corrected chi connectivity index (χ1v) is 10.7. The van der Waals surface area contributed by atoms with Gasteiger partial charge in [-0.05, 0) is 31.2 Å². The first-order chi connectivity index (χ1) is 14.2. The standard InChI is InChI=1S/C19H24N4O6S/c1-4-22(5-2)30(27,28)16-9-10-17(18(12-16)23(25)26)21-20-13-14-7-8-15(29-6-3)11-19(14)24/h7-13,21,24H,4-6H2,1-3H3/b20-13+. The molecule has 0 radical (unpaired) electrons. The number of benzene rings is 2. The van der Waals surface area contributed by atoms with Crippen molar-refractivity contribution in [1.29, 1.82) is 0 Å². The van der Waals surface area contributed by atoms with Crippen molar-refractivity contribution in [2.75, 3.05) is 25.1 Å². The summed E-state index contributed by atoms with van der Waals surface area (Å²) in [5.41, 5.74) is 2.47. The molecule has 30 heavy (non-hydrogen) atoms. The van der Waals surface area contributed by atoms with Gasteiger partial charge in [0.05, 0.1) is 22.6 Å². The Morgan fingerprint density at radius 1 is 1.20 bits per heavy atom. The maximum Gasteiger partial charge on any atom is 0.295 e. The number of hydrogen-bond acceptors (Lipinski definition) is 8. The van der Waals surface area contributed by atoms with E-state index in [0.717, 1.165) is 6.07 Å². The zero-order chi connectivity index (χ0) is 22.3. The third-order valence-corrected chi connectivity index (χ3v) is 6.26. The molecule has 10 nitrogen and oxygen atoms in total. The second kappa shape index (κ2) is 10.0. The van der Waals surface area contributed by atoms with Crippen LogP contribution in [0, 0.1) is 10.1 Å². The number of ether oxygens (including phenoxy) is 1. The van der Waals surface area contributed by atoms with Gasteiger partial charge < -0.3 is 9.84 Å². The minimum absolute atomic E-state index is 0.0140. The predicted octanol–water partition coefficient (Wildman–Crippen LogP) is 3.18. The minimum Gasteiger partial charge on any atom is -0.507 e. The summed E-state index contributed by atoms with van der Waals surface area (Å²) in [7, 11) is -3.83. The number of rotatable bonds is 10. The molecule has 0 fully saturated rings. The quantitative estimate of drug-likeness (QED) is 0.332. The summed E-state index contributed by atoms with van der Waals surface area (Å²) >= 11 is 0. The number of hydrogen-bond donors (Lipinski definition) is 2. The summed E-state index contributed by atoms with van der Waals surface area (Å²) in [4.78, 5) is 10.6. The molecule has 0 aliphatic heterocycles. The van der Waals surface area contributed by atoms with E-state index in [1.54, 1.807) is 26.0 Å². The first-order valence-electron chi connectivity index (χ1n) is 9.28. The van der Waals surface area contributed by atoms with Gasteiger partial charge in [0.15, 0.2) is 0 Å². The number of phenols is 1. The van der Waals surface area contributed by atoms with Crippen LogP contribution in [-0.4, -0.2) is 48.7 Å². The van der Waals surface area contributed by atoms with Crippen LogP contribution in [0.5, 0.6) is 11.5 Å². The average Bonchev–Trinajstić information content (AvgIpc) is 2.70. The van der Waals surface area contributed by atoms with Crippen molar-refractivity contribution in [2.45, 2.75) is 25.7 Å². The molecule has 2 N–H and O–H groups in total. The lowest BCUT2D eigenvalue weighted by Crippen LogP contribution is -2.30. The van der Waals surface area contributed by atoms with Gasteiger partial charge in [-0.2, -0.15) is 9.41 Å². The lowest BCUT2D eigenvalue weighted by Gasteiger charge is -2.18. The summed E-state index contributed by atoms with van der Waals surface area (Å²) in [6.45, 7) is 6.16. The Bertz CT molecular complexity index is 1040. The number of nitrogens with one attached hydrogen (secondary N) is 1. The third kappa shape index (κ3) is 5.24. The molecule has 0 aliphatic rings. The number of nitrogens with zero attached hydrogens (tertiary/aromatic N) is 3. The van der Waals surface area contributed by atoms with Crippen LogP contribution >= 0.6 is 0 Å². The van der Waals surface area contributed by atoms with Gasteiger partial charge in [-0.25, -0.2) is 8.42 Å². The van der Waals surface area contributed by atoms with Crippen molar-refractivity contribution in [3.8, 4) is 11.5 Å². The molecule has 2 rings (SSSR count). The molecular weight excluding hydrogens is 412 g/mol. The van der Waals surface area contributed by atoms with Gasteiger partial charge in [-0.1, -0.05) is 13.8 Å². The normalized spacial score (nSPS) is 11.7. The Labute approximate surface area is 175 Å². The second-order valence-electron chi connectivity index (χ2n) is 6.05.